The molecule has 21 heavy (non-hydrogen) atoms. The molecule has 0 radical (unpaired) electrons. The van der Waals surface area contributed by atoms with Gasteiger partial charge in [-0.3, -0.25) is 4.98 Å². The molecule has 0 aliphatic carbocycles. The van der Waals surface area contributed by atoms with E-state index in [4.69, 9.17) is 0 Å². The maximum Gasteiger partial charge on any atom is 0.139 e. The van der Waals surface area contributed by atoms with E-state index in [0.717, 1.165) is 28.0 Å². The van der Waals surface area contributed by atoms with Gasteiger partial charge in [-0.05, 0) is 30.7 Å². The molecule has 0 spiro atoms. The standard InChI is InChI=1S/C16H13N5/c1-11-7-19-16-15(11)14(4-6-18-16)21-9-13(20-10-21)12-3-2-5-17-8-12/h2-10H,1H3,(H,18,19). The largest absolute Gasteiger partial charge is 0.346 e. The SMILES string of the molecule is Cc1c[nH]c2nccc(-n3cnc(-c4cccnc4)c3)c12. The number of hydrogen-bond donors (Lipinski definition) is 1. The predicted octanol–water partition coefficient (Wildman–Crippen LogP) is 3.12. The number of fused-ring (bicyclic) bond motifs is 1. The van der Waals surface area contributed by atoms with Crippen LogP contribution in [0.25, 0.3) is 28.0 Å². The number of aromatic amines is 1. The molecule has 102 valence electrons. The van der Waals surface area contributed by atoms with Gasteiger partial charge in [-0.1, -0.05) is 0 Å². The van der Waals surface area contributed by atoms with Crippen LogP contribution >= 0.6 is 0 Å². The van der Waals surface area contributed by atoms with Crippen molar-refractivity contribution in [2.45, 2.75) is 6.92 Å². The first-order valence-corrected chi connectivity index (χ1v) is 6.70. The second kappa shape index (κ2) is 4.56. The number of imidazole rings is 1. The summed E-state index contributed by atoms with van der Waals surface area (Å²) >= 11 is 0. The van der Waals surface area contributed by atoms with E-state index in [1.165, 1.54) is 5.56 Å². The third kappa shape index (κ3) is 1.90. The van der Waals surface area contributed by atoms with E-state index in [-0.39, 0.29) is 0 Å². The Morgan fingerprint density at radius 2 is 2.10 bits per heavy atom. The highest BCUT2D eigenvalue weighted by Gasteiger charge is 2.10. The van der Waals surface area contributed by atoms with Gasteiger partial charge in [0.1, 0.15) is 5.65 Å². The summed E-state index contributed by atoms with van der Waals surface area (Å²) in [6, 6.07) is 5.91. The lowest BCUT2D eigenvalue weighted by Crippen LogP contribution is -1.92. The lowest BCUT2D eigenvalue weighted by molar-refractivity contribution is 1.06. The van der Waals surface area contributed by atoms with Crippen molar-refractivity contribution in [3.8, 4) is 16.9 Å². The minimum absolute atomic E-state index is 0.890. The lowest BCUT2D eigenvalue weighted by Gasteiger charge is -2.04. The number of nitrogens with one attached hydrogen (secondary N) is 1. The maximum atomic E-state index is 4.48. The highest BCUT2D eigenvalue weighted by molar-refractivity contribution is 5.88. The van der Waals surface area contributed by atoms with Crippen molar-refractivity contribution in [3.63, 3.8) is 0 Å². The maximum absolute atomic E-state index is 4.48. The van der Waals surface area contributed by atoms with E-state index in [1.54, 1.807) is 12.4 Å². The molecule has 0 atom stereocenters. The molecule has 0 aliphatic heterocycles. The first kappa shape index (κ1) is 11.8. The van der Waals surface area contributed by atoms with Crippen molar-refractivity contribution < 1.29 is 0 Å². The average molecular weight is 275 g/mol. The molecule has 0 aliphatic rings. The molecule has 1 N–H and O–H groups in total. The van der Waals surface area contributed by atoms with Gasteiger partial charge in [0.2, 0.25) is 0 Å². The summed E-state index contributed by atoms with van der Waals surface area (Å²) in [6.45, 7) is 2.07. The number of nitrogens with zero attached hydrogens (tertiary/aromatic N) is 4. The Kier molecular flexibility index (Phi) is 2.57. The van der Waals surface area contributed by atoms with Crippen LogP contribution in [0.15, 0.2) is 55.5 Å². The molecule has 0 bridgehead atoms. The van der Waals surface area contributed by atoms with Crippen molar-refractivity contribution in [2.75, 3.05) is 0 Å². The fourth-order valence-electron chi connectivity index (χ4n) is 2.53. The van der Waals surface area contributed by atoms with Gasteiger partial charge < -0.3 is 9.55 Å². The van der Waals surface area contributed by atoms with Crippen LogP contribution in [0.3, 0.4) is 0 Å². The highest BCUT2D eigenvalue weighted by Crippen LogP contribution is 2.25. The summed E-state index contributed by atoms with van der Waals surface area (Å²) in [4.78, 5) is 16.1. The van der Waals surface area contributed by atoms with Crippen molar-refractivity contribution >= 4 is 11.0 Å². The normalized spacial score (nSPS) is 11.1. The fraction of sp³-hybridized carbons (Fsp3) is 0.0625. The topological polar surface area (TPSA) is 59.4 Å². The number of aryl methyl sites for hydroxylation is 1. The summed E-state index contributed by atoms with van der Waals surface area (Å²) in [7, 11) is 0. The van der Waals surface area contributed by atoms with Crippen LogP contribution in [-0.2, 0) is 0 Å². The molecule has 4 aromatic rings. The van der Waals surface area contributed by atoms with E-state index in [9.17, 15) is 0 Å². The van der Waals surface area contributed by atoms with E-state index in [1.807, 2.05) is 47.7 Å². The molecule has 5 nitrogen and oxygen atoms in total. The summed E-state index contributed by atoms with van der Waals surface area (Å²) < 4.78 is 2.02. The van der Waals surface area contributed by atoms with Crippen molar-refractivity contribution in [1.82, 2.24) is 24.5 Å². The van der Waals surface area contributed by atoms with E-state index >= 15 is 0 Å². The van der Waals surface area contributed by atoms with Crippen LogP contribution in [0.4, 0.5) is 0 Å². The zero-order valence-corrected chi connectivity index (χ0v) is 11.5. The molecule has 4 aromatic heterocycles. The average Bonchev–Trinajstić information content (AvgIpc) is 3.16. The molecule has 0 aromatic carbocycles. The van der Waals surface area contributed by atoms with E-state index in [0.29, 0.717) is 0 Å². The predicted molar refractivity (Wildman–Crippen MR) is 81.2 cm³/mol. The van der Waals surface area contributed by atoms with Crippen LogP contribution in [0.1, 0.15) is 5.56 Å². The minimum atomic E-state index is 0.890. The molecule has 0 amide bonds. The third-order valence-corrected chi connectivity index (χ3v) is 3.57. The van der Waals surface area contributed by atoms with Crippen molar-refractivity contribution in [2.24, 2.45) is 0 Å². The molecule has 0 saturated carbocycles. The van der Waals surface area contributed by atoms with Crippen LogP contribution < -0.4 is 0 Å². The van der Waals surface area contributed by atoms with Crippen molar-refractivity contribution in [3.05, 3.63) is 61.1 Å². The Balaban J connectivity index is 1.87. The van der Waals surface area contributed by atoms with Crippen molar-refractivity contribution in [1.29, 1.82) is 0 Å². The summed E-state index contributed by atoms with van der Waals surface area (Å²) in [5.74, 6) is 0. The molecule has 0 saturated heterocycles. The van der Waals surface area contributed by atoms with Gasteiger partial charge in [-0.25, -0.2) is 9.97 Å². The monoisotopic (exact) mass is 275 g/mol. The van der Waals surface area contributed by atoms with Gasteiger partial charge in [-0.2, -0.15) is 0 Å². The van der Waals surface area contributed by atoms with Crippen LogP contribution in [-0.4, -0.2) is 24.5 Å². The quantitative estimate of drug-likeness (QED) is 0.611. The first-order valence-electron chi connectivity index (χ1n) is 6.70. The first-order chi connectivity index (χ1) is 10.3. The van der Waals surface area contributed by atoms with Gasteiger partial charge in [0.15, 0.2) is 0 Å². The molecule has 5 heteroatoms. The molecular formula is C16H13N5. The fourth-order valence-corrected chi connectivity index (χ4v) is 2.53. The summed E-state index contributed by atoms with van der Waals surface area (Å²) in [6.07, 6.45) is 11.2. The summed E-state index contributed by atoms with van der Waals surface area (Å²) in [5, 5.41) is 1.12. The molecule has 0 fully saturated rings. The zero-order chi connectivity index (χ0) is 14.2. The Labute approximate surface area is 121 Å². The lowest BCUT2D eigenvalue weighted by atomic mass is 10.2. The second-order valence-corrected chi connectivity index (χ2v) is 4.93. The van der Waals surface area contributed by atoms with Crippen LogP contribution in [0.5, 0.6) is 0 Å². The number of pyridine rings is 2. The Hall–Kier alpha value is -2.95. The zero-order valence-electron chi connectivity index (χ0n) is 11.5. The van der Waals surface area contributed by atoms with Gasteiger partial charge >= 0.3 is 0 Å². The van der Waals surface area contributed by atoms with Gasteiger partial charge in [0.05, 0.1) is 17.7 Å². The molecule has 4 rings (SSSR count). The second-order valence-electron chi connectivity index (χ2n) is 4.93. The third-order valence-electron chi connectivity index (χ3n) is 3.57. The minimum Gasteiger partial charge on any atom is -0.346 e. The smallest absolute Gasteiger partial charge is 0.139 e. The van der Waals surface area contributed by atoms with E-state index in [2.05, 4.69) is 26.9 Å². The molecular weight excluding hydrogens is 262 g/mol. The Morgan fingerprint density at radius 3 is 2.95 bits per heavy atom. The highest BCUT2D eigenvalue weighted by atomic mass is 15.0. The van der Waals surface area contributed by atoms with Gasteiger partial charge in [0.25, 0.3) is 0 Å². The number of aromatic nitrogens is 5. The number of hydrogen-bond acceptors (Lipinski definition) is 3. The van der Waals surface area contributed by atoms with Gasteiger partial charge in [-0.15, -0.1) is 0 Å². The van der Waals surface area contributed by atoms with Crippen LogP contribution in [0.2, 0.25) is 0 Å². The molecule has 4 heterocycles. The Bertz CT molecular complexity index is 905. The molecule has 0 unspecified atom stereocenters. The van der Waals surface area contributed by atoms with Gasteiger partial charge in [0, 0.05) is 41.9 Å². The van der Waals surface area contributed by atoms with Crippen LogP contribution in [0, 0.1) is 6.92 Å². The Morgan fingerprint density at radius 1 is 1.14 bits per heavy atom. The number of H-pyrrole nitrogens is 1. The van der Waals surface area contributed by atoms with E-state index < -0.39 is 0 Å². The number of rotatable bonds is 2. The summed E-state index contributed by atoms with van der Waals surface area (Å²) in [5.41, 5.74) is 5.04.